The molecule has 5 heteroatoms. The molecule has 1 aromatic rings. The molecule has 1 saturated heterocycles. The predicted molar refractivity (Wildman–Crippen MR) is 100 cm³/mol. The largest absolute Gasteiger partial charge is 0.495 e. The third-order valence-corrected chi connectivity index (χ3v) is 6.13. The summed E-state index contributed by atoms with van der Waals surface area (Å²) < 4.78 is 15.9. The van der Waals surface area contributed by atoms with Crippen LogP contribution in [0.2, 0.25) is 0 Å². The Hall–Kier alpha value is -0.485. The summed E-state index contributed by atoms with van der Waals surface area (Å²) in [7, 11) is -0.298. The van der Waals surface area contributed by atoms with Gasteiger partial charge in [-0.15, -0.1) is 0 Å². The molecule has 3 nitrogen and oxygen atoms in total. The van der Waals surface area contributed by atoms with Gasteiger partial charge < -0.3 is 9.31 Å². The lowest BCUT2D eigenvalue weighted by molar-refractivity contribution is 0.00578. The second-order valence-corrected chi connectivity index (χ2v) is 9.29. The zero-order valence-electron chi connectivity index (χ0n) is 16.0. The zero-order chi connectivity index (χ0) is 17.6. The van der Waals surface area contributed by atoms with E-state index in [1.54, 1.807) is 11.9 Å². The van der Waals surface area contributed by atoms with Crippen molar-refractivity contribution < 1.29 is 9.31 Å². The summed E-state index contributed by atoms with van der Waals surface area (Å²) in [5.41, 5.74) is 3.11. The lowest BCUT2D eigenvalue weighted by Crippen LogP contribution is -2.41. The van der Waals surface area contributed by atoms with Crippen molar-refractivity contribution in [1.29, 1.82) is 0 Å². The number of nitrogens with one attached hydrogen (secondary N) is 1. The molecule has 128 valence electrons. The highest BCUT2D eigenvalue weighted by Crippen LogP contribution is 2.37. The topological polar surface area (TPSA) is 30.5 Å². The predicted octanol–water partition coefficient (Wildman–Crippen LogP) is 4.00. The Morgan fingerprint density at radius 1 is 0.957 bits per heavy atom. The van der Waals surface area contributed by atoms with Gasteiger partial charge in [0.2, 0.25) is 0 Å². The van der Waals surface area contributed by atoms with Crippen molar-refractivity contribution in [1.82, 2.24) is 4.72 Å². The van der Waals surface area contributed by atoms with E-state index in [-0.39, 0.29) is 23.9 Å². The minimum Gasteiger partial charge on any atom is -0.399 e. The van der Waals surface area contributed by atoms with Crippen molar-refractivity contribution in [3.8, 4) is 0 Å². The van der Waals surface area contributed by atoms with Gasteiger partial charge in [0.15, 0.2) is 0 Å². The monoisotopic (exact) mass is 335 g/mol. The molecule has 23 heavy (non-hydrogen) atoms. The molecule has 0 aliphatic carbocycles. The fourth-order valence-corrected chi connectivity index (χ4v) is 3.22. The fraction of sp³-hybridized carbons (Fsp3) is 0.667. The summed E-state index contributed by atoms with van der Waals surface area (Å²) in [4.78, 5) is 1.25. The maximum atomic E-state index is 6.20. The summed E-state index contributed by atoms with van der Waals surface area (Å²) in [6.45, 7) is 19.2. The van der Waals surface area contributed by atoms with E-state index in [0.29, 0.717) is 0 Å². The van der Waals surface area contributed by atoms with Crippen LogP contribution >= 0.6 is 11.9 Å². The van der Waals surface area contributed by atoms with Crippen molar-refractivity contribution in [2.75, 3.05) is 0 Å². The van der Waals surface area contributed by atoms with Gasteiger partial charge in [-0.25, -0.2) is 0 Å². The molecule has 0 spiro atoms. The minimum absolute atomic E-state index is 0.0788. The molecule has 0 amide bonds. The number of benzene rings is 1. The first kappa shape index (κ1) is 18.8. The van der Waals surface area contributed by atoms with E-state index in [4.69, 9.17) is 9.31 Å². The Balaban J connectivity index is 2.25. The Morgan fingerprint density at radius 2 is 1.48 bits per heavy atom. The summed E-state index contributed by atoms with van der Waals surface area (Å²) in [6, 6.07) is 4.29. The van der Waals surface area contributed by atoms with Crippen LogP contribution in [0.4, 0.5) is 0 Å². The van der Waals surface area contributed by atoms with Gasteiger partial charge in [-0.05, 0) is 96.9 Å². The molecule has 1 aromatic carbocycles. The van der Waals surface area contributed by atoms with E-state index < -0.39 is 0 Å². The quantitative estimate of drug-likeness (QED) is 0.668. The maximum Gasteiger partial charge on any atom is 0.495 e. The first-order chi connectivity index (χ1) is 10.3. The van der Waals surface area contributed by atoms with Crippen LogP contribution in [0.1, 0.15) is 59.6 Å². The second kappa shape index (κ2) is 6.10. The molecule has 0 radical (unpaired) electrons. The van der Waals surface area contributed by atoms with Gasteiger partial charge in [-0.1, -0.05) is 6.07 Å². The van der Waals surface area contributed by atoms with E-state index in [0.717, 1.165) is 5.46 Å². The van der Waals surface area contributed by atoms with Crippen molar-refractivity contribution in [2.45, 2.75) is 84.0 Å². The van der Waals surface area contributed by atoms with Gasteiger partial charge in [-0.3, -0.25) is 4.72 Å². The van der Waals surface area contributed by atoms with Crippen LogP contribution in [-0.2, 0) is 9.31 Å². The Labute approximate surface area is 146 Å². The van der Waals surface area contributed by atoms with E-state index in [1.807, 2.05) is 0 Å². The molecule has 1 heterocycles. The summed E-state index contributed by atoms with van der Waals surface area (Å²) in [5, 5.41) is 0. The van der Waals surface area contributed by atoms with Crippen LogP contribution in [0.15, 0.2) is 17.0 Å². The third-order valence-electron chi connectivity index (χ3n) is 4.75. The number of rotatable bonds is 3. The molecule has 1 N–H and O–H groups in total. The van der Waals surface area contributed by atoms with Crippen molar-refractivity contribution in [3.05, 3.63) is 23.3 Å². The molecule has 2 rings (SSSR count). The van der Waals surface area contributed by atoms with Crippen LogP contribution in [0.3, 0.4) is 0 Å². The van der Waals surface area contributed by atoms with Crippen molar-refractivity contribution in [2.24, 2.45) is 0 Å². The molecule has 0 aromatic heterocycles. The lowest BCUT2D eigenvalue weighted by Gasteiger charge is -2.32. The maximum absolute atomic E-state index is 6.20. The summed E-state index contributed by atoms with van der Waals surface area (Å²) in [6.07, 6.45) is 0. The van der Waals surface area contributed by atoms with Gasteiger partial charge in [-0.2, -0.15) is 0 Å². The highest BCUT2D eigenvalue weighted by atomic mass is 32.2. The van der Waals surface area contributed by atoms with Gasteiger partial charge in [0.25, 0.3) is 0 Å². The summed E-state index contributed by atoms with van der Waals surface area (Å²) >= 11 is 1.69. The molecule has 0 atom stereocenters. The van der Waals surface area contributed by atoms with Gasteiger partial charge in [0.05, 0.1) is 11.2 Å². The Morgan fingerprint density at radius 3 is 1.96 bits per heavy atom. The normalized spacial score (nSPS) is 20.1. The first-order valence-electron chi connectivity index (χ1n) is 8.24. The van der Waals surface area contributed by atoms with Crippen LogP contribution in [0.25, 0.3) is 0 Å². The molecule has 0 unspecified atom stereocenters. The summed E-state index contributed by atoms with van der Waals surface area (Å²) in [5.74, 6) is 0. The Bertz CT molecular complexity index is 577. The highest BCUT2D eigenvalue weighted by molar-refractivity contribution is 7.97. The molecular formula is C18H30BNO2S. The van der Waals surface area contributed by atoms with Crippen LogP contribution in [-0.4, -0.2) is 23.9 Å². The lowest BCUT2D eigenvalue weighted by atomic mass is 9.75. The minimum atomic E-state index is -0.306. The molecule has 1 aliphatic rings. The van der Waals surface area contributed by atoms with Gasteiger partial charge >= 0.3 is 7.12 Å². The van der Waals surface area contributed by atoms with Crippen LogP contribution < -0.4 is 10.2 Å². The van der Waals surface area contributed by atoms with E-state index in [9.17, 15) is 0 Å². The van der Waals surface area contributed by atoms with Crippen LogP contribution in [0, 0.1) is 13.8 Å². The smallest absolute Gasteiger partial charge is 0.399 e. The Kier molecular flexibility index (Phi) is 5.00. The average Bonchev–Trinajstić information content (AvgIpc) is 2.59. The second-order valence-electron chi connectivity index (χ2n) is 8.45. The van der Waals surface area contributed by atoms with E-state index >= 15 is 0 Å². The highest BCUT2D eigenvalue weighted by Gasteiger charge is 2.52. The van der Waals surface area contributed by atoms with Crippen molar-refractivity contribution in [3.63, 3.8) is 0 Å². The number of hydrogen-bond donors (Lipinski definition) is 1. The van der Waals surface area contributed by atoms with Crippen molar-refractivity contribution >= 4 is 24.5 Å². The van der Waals surface area contributed by atoms with E-state index in [1.165, 1.54) is 16.0 Å². The first-order valence-corrected chi connectivity index (χ1v) is 9.05. The number of hydrogen-bond acceptors (Lipinski definition) is 4. The van der Waals surface area contributed by atoms with E-state index in [2.05, 4.69) is 79.2 Å². The fourth-order valence-electron chi connectivity index (χ4n) is 2.36. The SMILES string of the molecule is Cc1c(SNC(C)(C)C)ccc(B2OC(C)(C)C(C)(C)O2)c1C. The van der Waals surface area contributed by atoms with Crippen LogP contribution in [0.5, 0.6) is 0 Å². The molecule has 1 aliphatic heterocycles. The standard InChI is InChI=1S/C18H30BNO2S/c1-12-13(2)15(23-20-16(3,4)5)11-10-14(12)19-21-17(6,7)18(8,9)22-19/h10-11,20H,1-9H3. The zero-order valence-corrected chi connectivity index (χ0v) is 16.8. The average molecular weight is 335 g/mol. The molecule has 1 fully saturated rings. The van der Waals surface area contributed by atoms with Gasteiger partial charge in [0, 0.05) is 10.4 Å². The third kappa shape index (κ3) is 3.96. The molecule has 0 bridgehead atoms. The molecular weight excluding hydrogens is 305 g/mol. The van der Waals surface area contributed by atoms with Gasteiger partial charge in [0.1, 0.15) is 0 Å². The molecule has 0 saturated carbocycles.